The van der Waals surface area contributed by atoms with Crippen LogP contribution < -0.4 is 11.1 Å². The first-order valence-electron chi connectivity index (χ1n) is 4.24. The van der Waals surface area contributed by atoms with Gasteiger partial charge in [-0.25, -0.2) is 4.79 Å². The summed E-state index contributed by atoms with van der Waals surface area (Å²) < 4.78 is 4.29. The average Bonchev–Trinajstić information content (AvgIpc) is 2.15. The van der Waals surface area contributed by atoms with Crippen LogP contribution in [0.4, 0.5) is 0 Å². The van der Waals surface area contributed by atoms with Crippen molar-refractivity contribution < 1.29 is 24.2 Å². The molecule has 0 bridgehead atoms. The number of esters is 1. The van der Waals surface area contributed by atoms with E-state index >= 15 is 0 Å². The molecule has 0 aliphatic carbocycles. The average molecular weight is 218 g/mol. The van der Waals surface area contributed by atoms with E-state index in [1.165, 1.54) is 6.92 Å². The monoisotopic (exact) mass is 218 g/mol. The molecule has 0 rings (SSSR count). The van der Waals surface area contributed by atoms with Crippen molar-refractivity contribution in [1.82, 2.24) is 5.32 Å². The molecule has 0 radical (unpaired) electrons. The topological polar surface area (TPSA) is 119 Å². The predicted octanol–water partition coefficient (Wildman–Crippen LogP) is -1.53. The summed E-state index contributed by atoms with van der Waals surface area (Å²) >= 11 is 0. The van der Waals surface area contributed by atoms with Gasteiger partial charge in [-0.2, -0.15) is 0 Å². The molecule has 0 fully saturated rings. The standard InChI is InChI=1S/C8H14N2O5/c1-4(9)7(12)10-5(8(13)14)3-6(11)15-2/h4-5H,3,9H2,1-2H3,(H,10,12)(H,13,14). The summed E-state index contributed by atoms with van der Waals surface area (Å²) in [5.74, 6) is -2.66. The van der Waals surface area contributed by atoms with Gasteiger partial charge in [-0.1, -0.05) is 0 Å². The first-order valence-corrected chi connectivity index (χ1v) is 4.24. The number of hydrogen-bond acceptors (Lipinski definition) is 5. The van der Waals surface area contributed by atoms with Gasteiger partial charge in [0.25, 0.3) is 0 Å². The number of carboxylic acid groups (broad SMARTS) is 1. The van der Waals surface area contributed by atoms with Crippen molar-refractivity contribution in [2.45, 2.75) is 25.4 Å². The minimum absolute atomic E-state index is 0.426. The van der Waals surface area contributed by atoms with E-state index in [9.17, 15) is 14.4 Å². The molecular formula is C8H14N2O5. The predicted molar refractivity (Wildman–Crippen MR) is 49.8 cm³/mol. The third kappa shape index (κ3) is 4.96. The van der Waals surface area contributed by atoms with Crippen molar-refractivity contribution in [1.29, 1.82) is 0 Å². The second-order valence-electron chi connectivity index (χ2n) is 2.97. The van der Waals surface area contributed by atoms with Crippen molar-refractivity contribution in [2.75, 3.05) is 7.11 Å². The van der Waals surface area contributed by atoms with Crippen LogP contribution in [0.2, 0.25) is 0 Å². The number of amides is 1. The lowest BCUT2D eigenvalue weighted by Gasteiger charge is -2.14. The molecule has 0 aliphatic rings. The van der Waals surface area contributed by atoms with E-state index in [-0.39, 0.29) is 0 Å². The van der Waals surface area contributed by atoms with E-state index in [1.54, 1.807) is 0 Å². The second-order valence-corrected chi connectivity index (χ2v) is 2.97. The molecule has 0 spiro atoms. The SMILES string of the molecule is COC(=O)CC(NC(=O)C(C)N)C(=O)O. The van der Waals surface area contributed by atoms with Crippen LogP contribution in [-0.4, -0.2) is 42.1 Å². The summed E-state index contributed by atoms with van der Waals surface area (Å²) in [6.07, 6.45) is -0.426. The lowest BCUT2D eigenvalue weighted by Crippen LogP contribution is -2.48. The maximum Gasteiger partial charge on any atom is 0.326 e. The lowest BCUT2D eigenvalue weighted by atomic mass is 10.2. The first kappa shape index (κ1) is 13.4. The molecule has 0 saturated heterocycles. The van der Waals surface area contributed by atoms with Crippen LogP contribution in [0.15, 0.2) is 0 Å². The van der Waals surface area contributed by atoms with Crippen LogP contribution in [0, 0.1) is 0 Å². The number of ether oxygens (including phenoxy) is 1. The van der Waals surface area contributed by atoms with E-state index in [1.807, 2.05) is 0 Å². The summed E-state index contributed by atoms with van der Waals surface area (Å²) in [6, 6.07) is -2.14. The highest BCUT2D eigenvalue weighted by Gasteiger charge is 2.24. The highest BCUT2D eigenvalue weighted by Crippen LogP contribution is 1.95. The molecule has 7 heteroatoms. The normalized spacial score (nSPS) is 13.8. The number of methoxy groups -OCH3 is 1. The van der Waals surface area contributed by atoms with E-state index in [0.29, 0.717) is 0 Å². The lowest BCUT2D eigenvalue weighted by molar-refractivity contribution is -0.148. The number of hydrogen-bond donors (Lipinski definition) is 3. The van der Waals surface area contributed by atoms with E-state index in [2.05, 4.69) is 10.1 Å². The maximum absolute atomic E-state index is 11.1. The summed E-state index contributed by atoms with van der Waals surface area (Å²) in [4.78, 5) is 32.5. The Bertz CT molecular complexity index is 264. The number of nitrogens with one attached hydrogen (secondary N) is 1. The number of carbonyl (C=O) groups excluding carboxylic acids is 2. The molecule has 2 unspecified atom stereocenters. The Kier molecular flexibility index (Phi) is 5.32. The van der Waals surface area contributed by atoms with Crippen molar-refractivity contribution in [3.05, 3.63) is 0 Å². The van der Waals surface area contributed by atoms with Gasteiger partial charge in [0.15, 0.2) is 0 Å². The van der Waals surface area contributed by atoms with E-state index in [4.69, 9.17) is 10.8 Å². The summed E-state index contributed by atoms with van der Waals surface area (Å²) in [5, 5.41) is 10.8. The first-order chi connectivity index (χ1) is 6.88. The molecule has 1 amide bonds. The highest BCUT2D eigenvalue weighted by atomic mass is 16.5. The Balaban J connectivity index is 4.35. The van der Waals surface area contributed by atoms with Crippen molar-refractivity contribution in [2.24, 2.45) is 5.73 Å². The number of aliphatic carboxylic acids is 1. The third-order valence-electron chi connectivity index (χ3n) is 1.63. The van der Waals surface area contributed by atoms with E-state index < -0.39 is 36.4 Å². The number of carbonyl (C=O) groups is 3. The van der Waals surface area contributed by atoms with Crippen LogP contribution in [0.3, 0.4) is 0 Å². The molecule has 86 valence electrons. The molecule has 15 heavy (non-hydrogen) atoms. The van der Waals surface area contributed by atoms with Crippen LogP contribution in [0.25, 0.3) is 0 Å². The van der Waals surface area contributed by atoms with Gasteiger partial charge in [0.05, 0.1) is 19.6 Å². The van der Waals surface area contributed by atoms with Gasteiger partial charge in [0.2, 0.25) is 5.91 Å². The van der Waals surface area contributed by atoms with Gasteiger partial charge in [-0.15, -0.1) is 0 Å². The molecule has 0 aliphatic heterocycles. The molecule has 2 atom stereocenters. The summed E-state index contributed by atoms with van der Waals surface area (Å²) in [6.45, 7) is 1.41. The van der Waals surface area contributed by atoms with Crippen molar-refractivity contribution >= 4 is 17.8 Å². The third-order valence-corrected chi connectivity index (χ3v) is 1.63. The maximum atomic E-state index is 11.1. The zero-order chi connectivity index (χ0) is 12.0. The van der Waals surface area contributed by atoms with Gasteiger partial charge < -0.3 is 20.9 Å². The number of rotatable bonds is 5. The number of nitrogens with two attached hydrogens (primary N) is 1. The minimum Gasteiger partial charge on any atom is -0.480 e. The fourth-order valence-corrected chi connectivity index (χ4v) is 0.753. The smallest absolute Gasteiger partial charge is 0.326 e. The molecule has 0 aromatic carbocycles. The summed E-state index contributed by atoms with van der Waals surface area (Å²) in [5.41, 5.74) is 5.23. The zero-order valence-corrected chi connectivity index (χ0v) is 8.52. The van der Waals surface area contributed by atoms with Crippen LogP contribution in [0.5, 0.6) is 0 Å². The largest absolute Gasteiger partial charge is 0.480 e. The fourth-order valence-electron chi connectivity index (χ4n) is 0.753. The van der Waals surface area contributed by atoms with Crippen LogP contribution in [0.1, 0.15) is 13.3 Å². The Hall–Kier alpha value is -1.63. The van der Waals surface area contributed by atoms with Gasteiger partial charge in [0, 0.05) is 0 Å². The van der Waals surface area contributed by atoms with Gasteiger partial charge in [-0.05, 0) is 6.92 Å². The van der Waals surface area contributed by atoms with Crippen LogP contribution in [-0.2, 0) is 19.1 Å². The van der Waals surface area contributed by atoms with Gasteiger partial charge in [0.1, 0.15) is 6.04 Å². The quantitative estimate of drug-likeness (QED) is 0.481. The van der Waals surface area contributed by atoms with Crippen LogP contribution >= 0.6 is 0 Å². The summed E-state index contributed by atoms with van der Waals surface area (Å²) in [7, 11) is 1.13. The Morgan fingerprint density at radius 2 is 2.00 bits per heavy atom. The fraction of sp³-hybridized carbons (Fsp3) is 0.625. The molecule has 0 heterocycles. The Morgan fingerprint density at radius 1 is 1.47 bits per heavy atom. The second kappa shape index (κ2) is 5.97. The Morgan fingerprint density at radius 3 is 2.33 bits per heavy atom. The minimum atomic E-state index is -1.31. The molecule has 0 aromatic rings. The molecule has 0 saturated carbocycles. The molecule has 0 aromatic heterocycles. The molecular weight excluding hydrogens is 204 g/mol. The Labute approximate surface area is 86.6 Å². The van der Waals surface area contributed by atoms with Crippen molar-refractivity contribution in [3.63, 3.8) is 0 Å². The number of carboxylic acids is 1. The zero-order valence-electron chi connectivity index (χ0n) is 8.52. The molecule has 4 N–H and O–H groups in total. The highest BCUT2D eigenvalue weighted by molar-refractivity contribution is 5.89. The van der Waals surface area contributed by atoms with Gasteiger partial charge >= 0.3 is 11.9 Å². The van der Waals surface area contributed by atoms with Crippen molar-refractivity contribution in [3.8, 4) is 0 Å². The molecule has 7 nitrogen and oxygen atoms in total. The van der Waals surface area contributed by atoms with E-state index in [0.717, 1.165) is 7.11 Å². The van der Waals surface area contributed by atoms with Gasteiger partial charge in [-0.3, -0.25) is 9.59 Å².